The summed E-state index contributed by atoms with van der Waals surface area (Å²) in [7, 11) is 0. The molecule has 0 aliphatic carbocycles. The number of benzene rings is 11. The highest BCUT2D eigenvalue weighted by Crippen LogP contribution is 2.49. The van der Waals surface area contributed by atoms with Gasteiger partial charge in [0.1, 0.15) is 0 Å². The van der Waals surface area contributed by atoms with E-state index in [9.17, 15) is 0 Å². The van der Waals surface area contributed by atoms with E-state index >= 15 is 0 Å². The van der Waals surface area contributed by atoms with Crippen LogP contribution in [0.4, 0.5) is 34.1 Å². The van der Waals surface area contributed by atoms with Crippen LogP contribution in [0.1, 0.15) is 44.5 Å². The maximum atomic E-state index is 2.41. The Hall–Kier alpha value is -8.20. The summed E-state index contributed by atoms with van der Waals surface area (Å²) in [5.74, 6) is 0. The average Bonchev–Trinajstić information content (AvgIpc) is 3.35. The third-order valence-corrected chi connectivity index (χ3v) is 13.1. The first-order valence-corrected chi connectivity index (χ1v) is 22.9. The van der Waals surface area contributed by atoms with Crippen LogP contribution in [0.15, 0.2) is 206 Å². The van der Waals surface area contributed by atoms with Gasteiger partial charge in [0, 0.05) is 33.5 Å². The Balaban J connectivity index is 1.03. The van der Waals surface area contributed by atoms with Crippen molar-refractivity contribution in [2.24, 2.45) is 0 Å². The van der Waals surface area contributed by atoms with Crippen molar-refractivity contribution in [3.05, 3.63) is 251 Å². The predicted octanol–water partition coefficient (Wildman–Crippen LogP) is 18.3. The second-order valence-corrected chi connectivity index (χ2v) is 17.7. The molecule has 0 aromatic heterocycles. The van der Waals surface area contributed by atoms with E-state index in [-0.39, 0.29) is 0 Å². The summed E-state index contributed by atoms with van der Waals surface area (Å²) in [6.45, 7) is 8.55. The number of fused-ring (bicyclic) bond motifs is 2. The molecule has 0 aliphatic rings. The molecule has 0 aliphatic heterocycles. The van der Waals surface area contributed by atoms with Crippen molar-refractivity contribution in [3.8, 4) is 0 Å². The van der Waals surface area contributed by atoms with Gasteiger partial charge in [-0.05, 0) is 143 Å². The number of nitrogens with zero attached hydrogens (tertiary/aromatic N) is 2. The molecule has 0 atom stereocenters. The summed E-state index contributed by atoms with van der Waals surface area (Å²) in [5, 5.41) is 10.0. The smallest absolute Gasteiger partial charge is 0.0540 e. The van der Waals surface area contributed by atoms with Gasteiger partial charge in [-0.3, -0.25) is 0 Å². The van der Waals surface area contributed by atoms with Gasteiger partial charge in [-0.15, -0.1) is 0 Å². The normalized spacial score (nSPS) is 11.8. The molecule has 11 rings (SSSR count). The van der Waals surface area contributed by atoms with E-state index < -0.39 is 0 Å². The van der Waals surface area contributed by atoms with Crippen LogP contribution in [0.2, 0.25) is 0 Å². The number of aryl methyl sites for hydroxylation is 4. The SMILES string of the molecule is Cc1ccc(/C=C/c2ccc(N(c3ccc(C)cc3)c3ccc4c5ccc(N(c6ccc(C)cc6)c6ccc(/C=C/c7ccc(C)cc7)cc6)c6cccc(c7cccc3c74)c65)cc2)cc1. The molecule has 0 saturated carbocycles. The standard InChI is InChI=1S/C64H50N2/c1-43-11-19-47(20-12-43)23-25-49-27-35-53(36-28-49)65(51-31-15-45(3)16-32-51)61-41-39-57-58-40-42-62(60-10-6-8-56(64(58)60)55-7-5-9-59(61)63(55)57)66(52-33-17-46(4)18-34-52)54-37-29-50(30-38-54)26-24-48-21-13-44(2)14-22-48/h5-42H,1-4H3/b25-23+,26-24+. The molecule has 11 aromatic carbocycles. The van der Waals surface area contributed by atoms with Gasteiger partial charge in [-0.25, -0.2) is 0 Å². The monoisotopic (exact) mass is 846 g/mol. The fraction of sp³-hybridized carbons (Fsp3) is 0.0625. The average molecular weight is 847 g/mol. The third-order valence-electron chi connectivity index (χ3n) is 13.1. The number of anilines is 6. The number of hydrogen-bond acceptors (Lipinski definition) is 2. The molecule has 0 amide bonds. The lowest BCUT2D eigenvalue weighted by Gasteiger charge is -2.29. The van der Waals surface area contributed by atoms with Gasteiger partial charge < -0.3 is 9.80 Å². The van der Waals surface area contributed by atoms with E-state index in [1.54, 1.807) is 0 Å². The largest absolute Gasteiger partial charge is 0.310 e. The molecule has 11 aromatic rings. The summed E-state index contributed by atoms with van der Waals surface area (Å²) in [6, 6.07) is 76.0. The first-order valence-electron chi connectivity index (χ1n) is 22.9. The van der Waals surface area contributed by atoms with Crippen LogP contribution in [0, 0.1) is 27.7 Å². The molecule has 316 valence electrons. The highest BCUT2D eigenvalue weighted by Gasteiger charge is 2.22. The lowest BCUT2D eigenvalue weighted by Crippen LogP contribution is -2.11. The van der Waals surface area contributed by atoms with Crippen LogP contribution in [-0.4, -0.2) is 0 Å². The summed E-state index contributed by atoms with van der Waals surface area (Å²) in [4.78, 5) is 4.83. The van der Waals surface area contributed by atoms with Gasteiger partial charge in [0.05, 0.1) is 11.4 Å². The minimum atomic E-state index is 1.11. The minimum absolute atomic E-state index is 1.11. The van der Waals surface area contributed by atoms with E-state index in [4.69, 9.17) is 0 Å². The van der Waals surface area contributed by atoms with Crippen LogP contribution in [0.3, 0.4) is 0 Å². The second kappa shape index (κ2) is 17.1. The van der Waals surface area contributed by atoms with E-state index in [1.165, 1.54) is 76.5 Å². The molecule has 0 fully saturated rings. The minimum Gasteiger partial charge on any atom is -0.310 e. The quantitative estimate of drug-likeness (QED) is 0.0769. The van der Waals surface area contributed by atoms with Crippen LogP contribution in [0.5, 0.6) is 0 Å². The summed E-state index contributed by atoms with van der Waals surface area (Å²) >= 11 is 0. The zero-order valence-corrected chi connectivity index (χ0v) is 37.8. The highest BCUT2D eigenvalue weighted by molar-refractivity contribution is 6.35. The van der Waals surface area contributed by atoms with Crippen LogP contribution in [-0.2, 0) is 0 Å². The van der Waals surface area contributed by atoms with E-state index in [1.807, 2.05) is 0 Å². The van der Waals surface area contributed by atoms with Gasteiger partial charge in [0.25, 0.3) is 0 Å². The molecule has 0 radical (unpaired) electrons. The summed E-state index contributed by atoms with van der Waals surface area (Å²) < 4.78 is 0. The third kappa shape index (κ3) is 7.67. The Bertz CT molecular complexity index is 3300. The molecule has 2 nitrogen and oxygen atoms in total. The van der Waals surface area contributed by atoms with E-state index in [0.29, 0.717) is 0 Å². The molecule has 0 N–H and O–H groups in total. The molecule has 0 unspecified atom stereocenters. The maximum absolute atomic E-state index is 2.41. The molecule has 66 heavy (non-hydrogen) atoms. The fourth-order valence-corrected chi connectivity index (χ4v) is 9.52. The van der Waals surface area contributed by atoms with Crippen molar-refractivity contribution in [2.45, 2.75) is 27.7 Å². The zero-order chi connectivity index (χ0) is 44.7. The summed E-state index contributed by atoms with van der Waals surface area (Å²) in [6.07, 6.45) is 8.75. The van der Waals surface area contributed by atoms with Crippen molar-refractivity contribution in [2.75, 3.05) is 9.80 Å². The summed E-state index contributed by atoms with van der Waals surface area (Å²) in [5.41, 5.74) is 16.5. The second-order valence-electron chi connectivity index (χ2n) is 17.7. The van der Waals surface area contributed by atoms with Crippen molar-refractivity contribution in [1.82, 2.24) is 0 Å². The first kappa shape index (κ1) is 40.6. The molecular formula is C64H50N2. The zero-order valence-electron chi connectivity index (χ0n) is 37.8. The molecule has 0 saturated heterocycles. The molecule has 2 heteroatoms. The Morgan fingerprint density at radius 2 is 0.485 bits per heavy atom. The van der Waals surface area contributed by atoms with Gasteiger partial charge in [0.15, 0.2) is 0 Å². The van der Waals surface area contributed by atoms with E-state index in [0.717, 1.165) is 45.3 Å². The van der Waals surface area contributed by atoms with Gasteiger partial charge >= 0.3 is 0 Å². The van der Waals surface area contributed by atoms with Crippen LogP contribution in [0.25, 0.3) is 67.4 Å². The Kier molecular flexibility index (Phi) is 10.5. The Morgan fingerprint density at radius 3 is 0.803 bits per heavy atom. The van der Waals surface area contributed by atoms with Crippen LogP contribution < -0.4 is 9.80 Å². The molecule has 0 spiro atoms. The van der Waals surface area contributed by atoms with Crippen molar-refractivity contribution < 1.29 is 0 Å². The van der Waals surface area contributed by atoms with Crippen molar-refractivity contribution in [1.29, 1.82) is 0 Å². The number of rotatable bonds is 10. The van der Waals surface area contributed by atoms with Crippen LogP contribution >= 0.6 is 0 Å². The molecule has 0 bridgehead atoms. The predicted molar refractivity (Wildman–Crippen MR) is 287 cm³/mol. The molecular weight excluding hydrogens is 797 g/mol. The first-order chi connectivity index (χ1) is 32.3. The van der Waals surface area contributed by atoms with Crippen molar-refractivity contribution >= 4 is 102 Å². The Labute approximate surface area is 388 Å². The maximum Gasteiger partial charge on any atom is 0.0540 e. The van der Waals surface area contributed by atoms with Gasteiger partial charge in [0.2, 0.25) is 0 Å². The lowest BCUT2D eigenvalue weighted by atomic mass is 9.88. The van der Waals surface area contributed by atoms with Gasteiger partial charge in [-0.2, -0.15) is 0 Å². The fourth-order valence-electron chi connectivity index (χ4n) is 9.52. The molecule has 0 heterocycles. The van der Waals surface area contributed by atoms with Gasteiger partial charge in [-0.1, -0.05) is 192 Å². The number of hydrogen-bond donors (Lipinski definition) is 0. The van der Waals surface area contributed by atoms with E-state index in [2.05, 4.69) is 268 Å². The lowest BCUT2D eigenvalue weighted by molar-refractivity contribution is 1.29. The Morgan fingerprint density at radius 1 is 0.242 bits per heavy atom. The highest BCUT2D eigenvalue weighted by atomic mass is 15.1. The topological polar surface area (TPSA) is 6.48 Å². The van der Waals surface area contributed by atoms with Crippen molar-refractivity contribution in [3.63, 3.8) is 0 Å².